The summed E-state index contributed by atoms with van der Waals surface area (Å²) in [5, 5.41) is 13.2. The number of alkyl carbamates (subject to hydrolysis) is 1. The highest BCUT2D eigenvalue weighted by Crippen LogP contribution is 2.03. The second kappa shape index (κ2) is 12.4. The molecule has 0 radical (unpaired) electrons. The number of rotatable bonds is 10. The first kappa shape index (κ1) is 23.1. The molecule has 5 N–H and O–H groups in total. The number of esters is 1. The van der Waals surface area contributed by atoms with E-state index < -0.39 is 42.6 Å². The fourth-order valence-corrected chi connectivity index (χ4v) is 2.06. The Morgan fingerprint density at radius 2 is 1.82 bits per heavy atom. The second-order valence-corrected chi connectivity index (χ2v) is 5.75. The molecule has 0 heterocycles. The van der Waals surface area contributed by atoms with Crippen LogP contribution in [0.25, 0.3) is 0 Å². The standard InChI is InChI=1S/C18H25N3O7/c1-2-27-17(25)14(20-16(24)13(19)10-22)8-9-15(23)21-18(26)28-11-12-6-4-3-5-7-12/h3-7,13-14,22H,2,8-11,19H2,1H3,(H,20,24)(H,21,23,26). The largest absolute Gasteiger partial charge is 0.464 e. The molecule has 10 heteroatoms. The second-order valence-electron chi connectivity index (χ2n) is 5.75. The van der Waals surface area contributed by atoms with Crippen LogP contribution in [0.3, 0.4) is 0 Å². The molecule has 10 nitrogen and oxygen atoms in total. The van der Waals surface area contributed by atoms with Crippen molar-refractivity contribution in [1.29, 1.82) is 0 Å². The first-order valence-electron chi connectivity index (χ1n) is 8.71. The first-order chi connectivity index (χ1) is 13.4. The van der Waals surface area contributed by atoms with Crippen LogP contribution in [0.4, 0.5) is 4.79 Å². The van der Waals surface area contributed by atoms with Gasteiger partial charge in [-0.15, -0.1) is 0 Å². The van der Waals surface area contributed by atoms with E-state index >= 15 is 0 Å². The highest BCUT2D eigenvalue weighted by atomic mass is 16.5. The molecule has 0 bridgehead atoms. The Morgan fingerprint density at radius 1 is 1.14 bits per heavy atom. The number of benzene rings is 1. The molecular formula is C18H25N3O7. The summed E-state index contributed by atoms with van der Waals surface area (Å²) < 4.78 is 9.76. The maximum Gasteiger partial charge on any atom is 0.414 e. The van der Waals surface area contributed by atoms with Gasteiger partial charge in [-0.3, -0.25) is 14.9 Å². The van der Waals surface area contributed by atoms with Crippen LogP contribution < -0.4 is 16.4 Å². The van der Waals surface area contributed by atoms with Gasteiger partial charge in [0.15, 0.2) is 0 Å². The Bertz CT molecular complexity index is 666. The molecule has 0 saturated carbocycles. The van der Waals surface area contributed by atoms with Crippen LogP contribution in [0.1, 0.15) is 25.3 Å². The van der Waals surface area contributed by atoms with Crippen LogP contribution in [0.15, 0.2) is 30.3 Å². The van der Waals surface area contributed by atoms with Gasteiger partial charge < -0.3 is 25.6 Å². The number of ether oxygens (including phenoxy) is 2. The van der Waals surface area contributed by atoms with Crippen molar-refractivity contribution < 1.29 is 33.8 Å². The van der Waals surface area contributed by atoms with E-state index in [9.17, 15) is 19.2 Å². The topological polar surface area (TPSA) is 157 Å². The number of nitrogens with one attached hydrogen (secondary N) is 2. The summed E-state index contributed by atoms with van der Waals surface area (Å²) >= 11 is 0. The molecule has 0 aromatic heterocycles. The van der Waals surface area contributed by atoms with E-state index in [1.807, 2.05) is 11.4 Å². The predicted molar refractivity (Wildman–Crippen MR) is 97.6 cm³/mol. The van der Waals surface area contributed by atoms with Crippen molar-refractivity contribution in [2.45, 2.75) is 38.5 Å². The number of amides is 3. The van der Waals surface area contributed by atoms with Gasteiger partial charge in [0.2, 0.25) is 11.8 Å². The Kier molecular flexibility index (Phi) is 10.2. The number of hydrogen-bond donors (Lipinski definition) is 4. The van der Waals surface area contributed by atoms with Crippen LogP contribution in [0.2, 0.25) is 0 Å². The van der Waals surface area contributed by atoms with E-state index in [1.165, 1.54) is 0 Å². The molecule has 0 saturated heterocycles. The quantitative estimate of drug-likeness (QED) is 0.389. The van der Waals surface area contributed by atoms with Gasteiger partial charge in [-0.25, -0.2) is 9.59 Å². The van der Waals surface area contributed by atoms with Gasteiger partial charge in [-0.2, -0.15) is 0 Å². The van der Waals surface area contributed by atoms with E-state index in [0.29, 0.717) is 0 Å². The van der Waals surface area contributed by atoms with Crippen molar-refractivity contribution in [1.82, 2.24) is 10.6 Å². The van der Waals surface area contributed by atoms with Crippen molar-refractivity contribution in [3.63, 3.8) is 0 Å². The summed E-state index contributed by atoms with van der Waals surface area (Å²) in [4.78, 5) is 47.2. The Labute approximate surface area is 162 Å². The van der Waals surface area contributed by atoms with Crippen molar-refractivity contribution in [2.24, 2.45) is 5.73 Å². The summed E-state index contributed by atoms with van der Waals surface area (Å²) in [6, 6.07) is 6.56. The summed E-state index contributed by atoms with van der Waals surface area (Å²) in [5.41, 5.74) is 6.15. The smallest absolute Gasteiger partial charge is 0.414 e. The molecule has 0 aliphatic heterocycles. The summed E-state index contributed by atoms with van der Waals surface area (Å²) in [5.74, 6) is -2.20. The number of nitrogens with two attached hydrogens (primary N) is 1. The summed E-state index contributed by atoms with van der Waals surface area (Å²) in [7, 11) is 0. The van der Waals surface area contributed by atoms with E-state index in [2.05, 4.69) is 5.32 Å². The maximum absolute atomic E-state index is 11.9. The molecule has 1 aromatic carbocycles. The summed E-state index contributed by atoms with van der Waals surface area (Å²) in [6.07, 6.45) is -1.30. The van der Waals surface area contributed by atoms with Gasteiger partial charge in [0.25, 0.3) is 0 Å². The lowest BCUT2D eigenvalue weighted by Crippen LogP contribution is -2.50. The van der Waals surface area contributed by atoms with E-state index in [-0.39, 0.29) is 26.1 Å². The van der Waals surface area contributed by atoms with Gasteiger partial charge in [-0.1, -0.05) is 30.3 Å². The van der Waals surface area contributed by atoms with E-state index in [4.69, 9.17) is 20.3 Å². The average Bonchev–Trinajstić information content (AvgIpc) is 2.69. The third kappa shape index (κ3) is 8.60. The number of imide groups is 1. The van der Waals surface area contributed by atoms with Crippen LogP contribution in [-0.2, 0) is 30.5 Å². The lowest BCUT2D eigenvalue weighted by atomic mass is 10.1. The third-order valence-electron chi connectivity index (χ3n) is 3.54. The van der Waals surface area contributed by atoms with E-state index in [1.54, 1.807) is 31.2 Å². The number of aliphatic hydroxyl groups is 1. The number of carbonyl (C=O) groups is 4. The van der Waals surface area contributed by atoms with Crippen LogP contribution in [0, 0.1) is 0 Å². The normalized spacial score (nSPS) is 12.4. The molecule has 1 aromatic rings. The van der Waals surface area contributed by atoms with Gasteiger partial charge in [0.05, 0.1) is 13.2 Å². The van der Waals surface area contributed by atoms with E-state index in [0.717, 1.165) is 5.56 Å². The zero-order valence-electron chi connectivity index (χ0n) is 15.6. The zero-order valence-corrected chi connectivity index (χ0v) is 15.6. The third-order valence-corrected chi connectivity index (χ3v) is 3.54. The fourth-order valence-electron chi connectivity index (χ4n) is 2.06. The lowest BCUT2D eigenvalue weighted by molar-refractivity contribution is -0.148. The minimum Gasteiger partial charge on any atom is -0.464 e. The number of carbonyl (C=O) groups excluding carboxylic acids is 4. The van der Waals surface area contributed by atoms with Crippen molar-refractivity contribution in [3.05, 3.63) is 35.9 Å². The Hall–Kier alpha value is -2.98. The van der Waals surface area contributed by atoms with Crippen molar-refractivity contribution in [3.8, 4) is 0 Å². The SMILES string of the molecule is CCOC(=O)C(CCC(=O)NC(=O)OCc1ccccc1)NC(=O)C(N)CO. The molecular weight excluding hydrogens is 370 g/mol. The molecule has 1 rings (SSSR count). The van der Waals surface area contributed by atoms with Gasteiger partial charge in [-0.05, 0) is 18.9 Å². The van der Waals surface area contributed by atoms with Gasteiger partial charge in [0.1, 0.15) is 18.7 Å². The molecule has 3 amide bonds. The maximum atomic E-state index is 11.9. The van der Waals surface area contributed by atoms with Crippen molar-refractivity contribution >= 4 is 23.9 Å². The molecule has 28 heavy (non-hydrogen) atoms. The monoisotopic (exact) mass is 395 g/mol. The fraction of sp³-hybridized carbons (Fsp3) is 0.444. The summed E-state index contributed by atoms with van der Waals surface area (Å²) in [6.45, 7) is 1.07. The average molecular weight is 395 g/mol. The first-order valence-corrected chi connectivity index (χ1v) is 8.71. The molecule has 0 fully saturated rings. The Morgan fingerprint density at radius 3 is 2.43 bits per heavy atom. The van der Waals surface area contributed by atoms with Crippen LogP contribution >= 0.6 is 0 Å². The zero-order chi connectivity index (χ0) is 20.9. The van der Waals surface area contributed by atoms with Crippen LogP contribution in [0.5, 0.6) is 0 Å². The predicted octanol–water partition coefficient (Wildman–Crippen LogP) is -0.413. The highest BCUT2D eigenvalue weighted by molar-refractivity contribution is 5.92. The molecule has 2 atom stereocenters. The highest BCUT2D eigenvalue weighted by Gasteiger charge is 2.25. The molecule has 0 aliphatic carbocycles. The lowest BCUT2D eigenvalue weighted by Gasteiger charge is -2.18. The van der Waals surface area contributed by atoms with Crippen LogP contribution in [-0.4, -0.2) is 54.3 Å². The van der Waals surface area contributed by atoms with Crippen molar-refractivity contribution in [2.75, 3.05) is 13.2 Å². The number of hydrogen-bond acceptors (Lipinski definition) is 8. The molecule has 0 aliphatic rings. The number of aliphatic hydroxyl groups excluding tert-OH is 1. The molecule has 0 spiro atoms. The van der Waals surface area contributed by atoms with Gasteiger partial charge in [0, 0.05) is 6.42 Å². The minimum atomic E-state index is -1.21. The molecule has 2 unspecified atom stereocenters. The molecule has 154 valence electrons. The van der Waals surface area contributed by atoms with Gasteiger partial charge >= 0.3 is 12.1 Å². The minimum absolute atomic E-state index is 0.000506. The Balaban J connectivity index is 2.48.